The van der Waals surface area contributed by atoms with Crippen molar-refractivity contribution in [1.29, 1.82) is 0 Å². The second-order valence-electron chi connectivity index (χ2n) is 8.77. The second kappa shape index (κ2) is 10.7. The second-order valence-corrected chi connectivity index (χ2v) is 8.77. The molecule has 0 saturated carbocycles. The van der Waals surface area contributed by atoms with Crippen LogP contribution < -0.4 is 9.64 Å². The van der Waals surface area contributed by atoms with Crippen LogP contribution in [-0.2, 0) is 14.3 Å². The van der Waals surface area contributed by atoms with Crippen molar-refractivity contribution in [2.45, 2.75) is 33.2 Å². The van der Waals surface area contributed by atoms with Gasteiger partial charge in [0, 0.05) is 23.6 Å². The van der Waals surface area contributed by atoms with Crippen molar-refractivity contribution < 1.29 is 29.0 Å². The maximum absolute atomic E-state index is 13.4. The van der Waals surface area contributed by atoms with Gasteiger partial charge in [-0.3, -0.25) is 19.5 Å². The van der Waals surface area contributed by atoms with E-state index < -0.39 is 23.7 Å². The first-order valence-electron chi connectivity index (χ1n) is 11.9. The highest BCUT2D eigenvalue weighted by atomic mass is 16.5. The van der Waals surface area contributed by atoms with Crippen LogP contribution in [0.25, 0.3) is 5.76 Å². The minimum atomic E-state index is -0.923. The molecule has 8 nitrogen and oxygen atoms in total. The van der Waals surface area contributed by atoms with Crippen molar-refractivity contribution in [2.24, 2.45) is 0 Å². The van der Waals surface area contributed by atoms with E-state index in [-0.39, 0.29) is 11.3 Å². The van der Waals surface area contributed by atoms with E-state index in [2.05, 4.69) is 4.98 Å². The highest BCUT2D eigenvalue weighted by molar-refractivity contribution is 6.51. The number of hydrogen-bond donors (Lipinski definition) is 1. The molecule has 2 heterocycles. The van der Waals surface area contributed by atoms with E-state index in [1.807, 2.05) is 13.8 Å². The van der Waals surface area contributed by atoms with Crippen LogP contribution in [0.1, 0.15) is 52.0 Å². The number of carbonyl (C=O) groups excluding carboxylic acids is 3. The van der Waals surface area contributed by atoms with Gasteiger partial charge < -0.3 is 14.6 Å². The number of pyridine rings is 1. The highest BCUT2D eigenvalue weighted by Gasteiger charge is 2.47. The molecule has 1 N–H and O–H groups in total. The molecule has 8 heteroatoms. The van der Waals surface area contributed by atoms with Crippen LogP contribution >= 0.6 is 0 Å². The molecule has 1 aliphatic rings. The third kappa shape index (κ3) is 4.82. The summed E-state index contributed by atoms with van der Waals surface area (Å²) in [6, 6.07) is 12.3. The van der Waals surface area contributed by atoms with Gasteiger partial charge in [-0.25, -0.2) is 4.79 Å². The Morgan fingerprint density at radius 3 is 2.43 bits per heavy atom. The molecule has 0 aliphatic carbocycles. The number of hydrogen-bond acceptors (Lipinski definition) is 7. The first-order valence-corrected chi connectivity index (χ1v) is 11.9. The fraction of sp³-hybridized carbons (Fsp3) is 0.241. The van der Waals surface area contributed by atoms with Crippen LogP contribution in [0.2, 0.25) is 0 Å². The number of amides is 1. The van der Waals surface area contributed by atoms with Crippen LogP contribution in [0.3, 0.4) is 0 Å². The molecular weight excluding hydrogens is 472 g/mol. The Hall–Kier alpha value is -4.46. The van der Waals surface area contributed by atoms with Gasteiger partial charge in [-0.05, 0) is 79.4 Å². The van der Waals surface area contributed by atoms with Crippen LogP contribution in [-0.4, -0.2) is 41.5 Å². The molecule has 1 fully saturated rings. The van der Waals surface area contributed by atoms with E-state index in [0.717, 1.165) is 5.56 Å². The average Bonchev–Trinajstić information content (AvgIpc) is 3.18. The number of aromatic nitrogens is 1. The maximum Gasteiger partial charge on any atom is 0.338 e. The van der Waals surface area contributed by atoms with E-state index in [1.165, 1.54) is 4.90 Å². The lowest BCUT2D eigenvalue weighted by atomic mass is 9.93. The zero-order valence-corrected chi connectivity index (χ0v) is 21.1. The van der Waals surface area contributed by atoms with Gasteiger partial charge in [-0.2, -0.15) is 0 Å². The number of aliphatic hydroxyl groups excluding tert-OH is 1. The molecule has 37 heavy (non-hydrogen) atoms. The minimum absolute atomic E-state index is 0.0444. The predicted molar refractivity (Wildman–Crippen MR) is 139 cm³/mol. The zero-order valence-electron chi connectivity index (χ0n) is 21.1. The summed E-state index contributed by atoms with van der Waals surface area (Å²) in [6.45, 7) is 5.84. The average molecular weight is 501 g/mol. The number of methoxy groups -OCH3 is 1. The van der Waals surface area contributed by atoms with Gasteiger partial charge in [0.15, 0.2) is 0 Å². The molecule has 1 aliphatic heterocycles. The number of aryl methyl sites for hydroxylation is 2. The summed E-state index contributed by atoms with van der Waals surface area (Å²) in [5.74, 6) is -1.71. The quantitative estimate of drug-likeness (QED) is 0.213. The number of anilines is 1. The number of esters is 1. The summed E-state index contributed by atoms with van der Waals surface area (Å²) in [7, 11) is 1.56. The van der Waals surface area contributed by atoms with Gasteiger partial charge in [0.1, 0.15) is 11.5 Å². The summed E-state index contributed by atoms with van der Waals surface area (Å²) in [6.07, 6.45) is 3.84. The normalized spacial score (nSPS) is 16.6. The number of nitrogens with zero attached hydrogens (tertiary/aromatic N) is 2. The van der Waals surface area contributed by atoms with E-state index in [9.17, 15) is 19.5 Å². The van der Waals surface area contributed by atoms with E-state index >= 15 is 0 Å². The molecule has 4 rings (SSSR count). The van der Waals surface area contributed by atoms with Gasteiger partial charge in [0.05, 0.1) is 30.9 Å². The number of ketones is 1. The molecular formula is C29H28N2O6. The van der Waals surface area contributed by atoms with E-state index in [4.69, 9.17) is 9.47 Å². The molecule has 1 amide bonds. The van der Waals surface area contributed by atoms with Gasteiger partial charge >= 0.3 is 5.97 Å². The van der Waals surface area contributed by atoms with E-state index in [0.29, 0.717) is 46.7 Å². The Morgan fingerprint density at radius 2 is 1.81 bits per heavy atom. The maximum atomic E-state index is 13.4. The lowest BCUT2D eigenvalue weighted by Gasteiger charge is -2.25. The first kappa shape index (κ1) is 25.6. The predicted octanol–water partition coefficient (Wildman–Crippen LogP) is 4.90. The SMILES string of the molecule is CCCOC(=O)c1ccc(N2C(=O)C(=O)/C(=C(/O)c3cc(C)c(OC)cc3C)C2c2cccnc2)cc1. The van der Waals surface area contributed by atoms with Crippen molar-refractivity contribution in [1.82, 2.24) is 4.98 Å². The van der Waals surface area contributed by atoms with Gasteiger partial charge in [-0.15, -0.1) is 0 Å². The number of aliphatic hydroxyl groups is 1. The van der Waals surface area contributed by atoms with Gasteiger partial charge in [0.25, 0.3) is 11.7 Å². The highest BCUT2D eigenvalue weighted by Crippen LogP contribution is 2.42. The zero-order chi connectivity index (χ0) is 26.7. The Bertz CT molecular complexity index is 1380. The van der Waals surface area contributed by atoms with Crippen molar-refractivity contribution in [3.8, 4) is 5.75 Å². The van der Waals surface area contributed by atoms with Crippen LogP contribution in [0.15, 0.2) is 66.5 Å². The summed E-state index contributed by atoms with van der Waals surface area (Å²) >= 11 is 0. The monoisotopic (exact) mass is 500 g/mol. The number of ether oxygens (including phenoxy) is 2. The van der Waals surface area contributed by atoms with Crippen molar-refractivity contribution in [3.05, 3.63) is 94.3 Å². The largest absolute Gasteiger partial charge is 0.507 e. The standard InChI is InChI=1S/C29H28N2O6/c1-5-13-37-29(35)19-8-10-21(11-9-19)31-25(20-7-6-12-30-16-20)24(27(33)28(31)34)26(32)22-14-18(3)23(36-4)15-17(22)2/h6-12,14-16,25,32H,5,13H2,1-4H3/b26-24+. The van der Waals surface area contributed by atoms with Gasteiger partial charge in [0.2, 0.25) is 0 Å². The molecule has 1 aromatic heterocycles. The fourth-order valence-corrected chi connectivity index (χ4v) is 4.40. The van der Waals surface area contributed by atoms with Crippen molar-refractivity contribution in [3.63, 3.8) is 0 Å². The van der Waals surface area contributed by atoms with Crippen LogP contribution in [0, 0.1) is 13.8 Å². The molecule has 0 radical (unpaired) electrons. The molecule has 0 spiro atoms. The molecule has 1 unspecified atom stereocenters. The van der Waals surface area contributed by atoms with Gasteiger partial charge in [-0.1, -0.05) is 13.0 Å². The summed E-state index contributed by atoms with van der Waals surface area (Å²) < 4.78 is 10.5. The lowest BCUT2D eigenvalue weighted by molar-refractivity contribution is -0.132. The smallest absolute Gasteiger partial charge is 0.338 e. The Labute approximate surface area is 215 Å². The number of Topliss-reactive ketones (excluding diaryl/α,β-unsaturated/α-hetero) is 1. The Morgan fingerprint density at radius 1 is 1.08 bits per heavy atom. The van der Waals surface area contributed by atoms with Crippen molar-refractivity contribution in [2.75, 3.05) is 18.6 Å². The fourth-order valence-electron chi connectivity index (χ4n) is 4.40. The van der Waals surface area contributed by atoms with Crippen LogP contribution in [0.5, 0.6) is 5.75 Å². The number of benzene rings is 2. The molecule has 3 aromatic rings. The molecule has 0 bridgehead atoms. The number of carbonyl (C=O) groups is 3. The van der Waals surface area contributed by atoms with Crippen LogP contribution in [0.4, 0.5) is 5.69 Å². The topological polar surface area (TPSA) is 106 Å². The molecule has 1 saturated heterocycles. The third-order valence-electron chi connectivity index (χ3n) is 6.26. The summed E-state index contributed by atoms with van der Waals surface area (Å²) in [5, 5.41) is 11.4. The van der Waals surface area contributed by atoms with E-state index in [1.54, 1.807) is 75.0 Å². The summed E-state index contributed by atoms with van der Waals surface area (Å²) in [5.41, 5.74) is 3.12. The van der Waals surface area contributed by atoms with Crippen molar-refractivity contribution >= 4 is 29.1 Å². The number of rotatable bonds is 7. The first-order chi connectivity index (χ1) is 17.8. The minimum Gasteiger partial charge on any atom is -0.507 e. The summed E-state index contributed by atoms with van der Waals surface area (Å²) in [4.78, 5) is 44.4. The Balaban J connectivity index is 1.84. The molecule has 2 aromatic carbocycles. The molecule has 190 valence electrons. The molecule has 1 atom stereocenters. The lowest BCUT2D eigenvalue weighted by Crippen LogP contribution is -2.29. The Kier molecular flexibility index (Phi) is 7.38. The third-order valence-corrected chi connectivity index (χ3v) is 6.26.